The topological polar surface area (TPSA) is 86.1 Å². The van der Waals surface area contributed by atoms with Gasteiger partial charge in [-0.1, -0.05) is 35.5 Å². The van der Waals surface area contributed by atoms with E-state index in [0.717, 1.165) is 0 Å². The first-order valence-corrected chi connectivity index (χ1v) is 10.7. The fourth-order valence-corrected chi connectivity index (χ4v) is 3.69. The Morgan fingerprint density at radius 1 is 1.26 bits per heavy atom. The summed E-state index contributed by atoms with van der Waals surface area (Å²) < 4.78 is 20.7. The molecule has 0 aliphatic heterocycles. The quantitative estimate of drug-likeness (QED) is 0.386. The molecule has 0 bridgehead atoms. The van der Waals surface area contributed by atoms with E-state index in [9.17, 15) is 14.0 Å². The Labute approximate surface area is 188 Å². The highest BCUT2D eigenvalue weighted by molar-refractivity contribution is 7.99. The van der Waals surface area contributed by atoms with Gasteiger partial charge in [0.1, 0.15) is 11.6 Å². The number of carbonyl (C=O) groups is 2. The van der Waals surface area contributed by atoms with Crippen LogP contribution in [0, 0.1) is 5.82 Å². The summed E-state index contributed by atoms with van der Waals surface area (Å²) in [4.78, 5) is 23.7. The van der Waals surface area contributed by atoms with E-state index in [4.69, 9.17) is 16.3 Å². The van der Waals surface area contributed by atoms with Crippen molar-refractivity contribution in [1.29, 1.82) is 0 Å². The molecule has 0 radical (unpaired) electrons. The lowest BCUT2D eigenvalue weighted by atomic mass is 10.1. The second-order valence-electron chi connectivity index (χ2n) is 6.71. The highest BCUT2D eigenvalue weighted by Crippen LogP contribution is 2.30. The van der Waals surface area contributed by atoms with Crippen LogP contribution in [0.5, 0.6) is 5.75 Å². The first-order valence-electron chi connectivity index (χ1n) is 9.29. The Morgan fingerprint density at radius 2 is 2.03 bits per heavy atom. The Hall–Kier alpha value is -2.91. The molecule has 1 aromatic heterocycles. The molecule has 3 rings (SSSR count). The first kappa shape index (κ1) is 22.8. The summed E-state index contributed by atoms with van der Waals surface area (Å²) in [6, 6.07) is 10.6. The lowest BCUT2D eigenvalue weighted by molar-refractivity contribution is -0.113. The molecule has 0 fully saturated rings. The van der Waals surface area contributed by atoms with Gasteiger partial charge in [-0.3, -0.25) is 9.59 Å². The minimum absolute atomic E-state index is 0.0737. The number of anilines is 1. The monoisotopic (exact) mass is 462 g/mol. The fraction of sp³-hybridized carbons (Fsp3) is 0.238. The molecule has 0 aliphatic rings. The minimum Gasteiger partial charge on any atom is -0.481 e. The minimum atomic E-state index is -0.502. The maximum absolute atomic E-state index is 13.2. The van der Waals surface area contributed by atoms with Crippen LogP contribution in [0.4, 0.5) is 10.1 Å². The third kappa shape index (κ3) is 5.83. The Bertz CT molecular complexity index is 1120. The van der Waals surface area contributed by atoms with E-state index in [0.29, 0.717) is 28.0 Å². The van der Waals surface area contributed by atoms with Crippen molar-refractivity contribution in [2.45, 2.75) is 25.1 Å². The Kier molecular flexibility index (Phi) is 7.29. The van der Waals surface area contributed by atoms with E-state index in [2.05, 4.69) is 15.5 Å². The Balaban J connectivity index is 1.60. The maximum atomic E-state index is 13.2. The number of hydrogen-bond acceptors (Lipinski definition) is 6. The van der Waals surface area contributed by atoms with Crippen molar-refractivity contribution in [1.82, 2.24) is 14.8 Å². The van der Waals surface area contributed by atoms with Gasteiger partial charge >= 0.3 is 0 Å². The number of ether oxygens (including phenoxy) is 1. The third-order valence-electron chi connectivity index (χ3n) is 4.32. The predicted octanol–water partition coefficient (Wildman–Crippen LogP) is 4.68. The van der Waals surface area contributed by atoms with Crippen LogP contribution in [0.1, 0.15) is 36.1 Å². The molecule has 2 aromatic carbocycles. The molecule has 3 aromatic rings. The number of rotatable bonds is 8. The average Bonchev–Trinajstić information content (AvgIpc) is 3.09. The predicted molar refractivity (Wildman–Crippen MR) is 117 cm³/mol. The average molecular weight is 463 g/mol. The highest BCUT2D eigenvalue weighted by Gasteiger charge is 2.19. The van der Waals surface area contributed by atoms with Gasteiger partial charge in [0.15, 0.2) is 22.9 Å². The van der Waals surface area contributed by atoms with Crippen LogP contribution in [0.3, 0.4) is 0 Å². The van der Waals surface area contributed by atoms with Gasteiger partial charge in [0.05, 0.1) is 10.8 Å². The zero-order chi connectivity index (χ0) is 22.5. The molecule has 1 unspecified atom stereocenters. The maximum Gasteiger partial charge on any atom is 0.234 e. The second-order valence-corrected chi connectivity index (χ2v) is 8.06. The van der Waals surface area contributed by atoms with Crippen molar-refractivity contribution in [3.05, 3.63) is 64.7 Å². The van der Waals surface area contributed by atoms with Gasteiger partial charge in [-0.05, 0) is 44.2 Å². The van der Waals surface area contributed by atoms with Crippen molar-refractivity contribution < 1.29 is 18.7 Å². The van der Waals surface area contributed by atoms with Crippen molar-refractivity contribution in [3.8, 4) is 5.75 Å². The fourth-order valence-electron chi connectivity index (χ4n) is 2.76. The van der Waals surface area contributed by atoms with Gasteiger partial charge in [-0.15, -0.1) is 10.2 Å². The highest BCUT2D eigenvalue weighted by atomic mass is 35.5. The number of halogens is 2. The Morgan fingerprint density at radius 3 is 2.74 bits per heavy atom. The summed E-state index contributed by atoms with van der Waals surface area (Å²) in [5, 5.41) is 11.7. The second kappa shape index (κ2) is 9.93. The SMILES string of the molecule is CC(=O)c1cccc(NC(=O)CSc2nnc(C(C)Oc3ccc(F)cc3Cl)n2C)c1. The first-order chi connectivity index (χ1) is 14.7. The normalized spacial score (nSPS) is 11.8. The summed E-state index contributed by atoms with van der Waals surface area (Å²) in [6.45, 7) is 3.24. The summed E-state index contributed by atoms with van der Waals surface area (Å²) >= 11 is 7.22. The summed E-state index contributed by atoms with van der Waals surface area (Å²) in [7, 11) is 1.76. The zero-order valence-corrected chi connectivity index (χ0v) is 18.6. The van der Waals surface area contributed by atoms with E-state index >= 15 is 0 Å². The van der Waals surface area contributed by atoms with Gasteiger partial charge < -0.3 is 14.6 Å². The van der Waals surface area contributed by atoms with Crippen molar-refractivity contribution in [3.63, 3.8) is 0 Å². The van der Waals surface area contributed by atoms with Gasteiger partial charge in [0, 0.05) is 18.3 Å². The van der Waals surface area contributed by atoms with Crippen LogP contribution in [0.25, 0.3) is 0 Å². The molecule has 1 atom stereocenters. The molecule has 0 spiro atoms. The molecule has 7 nitrogen and oxygen atoms in total. The van der Waals surface area contributed by atoms with E-state index < -0.39 is 11.9 Å². The number of Topliss-reactive ketones (excluding diaryl/α,β-unsaturated/α-hetero) is 1. The van der Waals surface area contributed by atoms with E-state index in [-0.39, 0.29) is 22.5 Å². The van der Waals surface area contributed by atoms with Gasteiger partial charge in [0.25, 0.3) is 0 Å². The van der Waals surface area contributed by atoms with E-state index in [1.54, 1.807) is 42.8 Å². The van der Waals surface area contributed by atoms with Crippen LogP contribution in [0.2, 0.25) is 5.02 Å². The number of carbonyl (C=O) groups excluding carboxylic acids is 2. The number of amides is 1. The molecule has 0 aliphatic carbocycles. The molecule has 0 saturated heterocycles. The number of thioether (sulfide) groups is 1. The summed E-state index contributed by atoms with van der Waals surface area (Å²) in [5.74, 6) is 0.203. The standard InChI is InChI=1S/C21H20ClFN4O3S/c1-12(28)14-5-4-6-16(9-14)24-19(29)11-31-21-26-25-20(27(21)3)13(2)30-18-8-7-15(23)10-17(18)22/h4-10,13H,11H2,1-3H3,(H,24,29). The lowest BCUT2D eigenvalue weighted by Gasteiger charge is -2.15. The molecule has 1 heterocycles. The molecule has 31 heavy (non-hydrogen) atoms. The van der Waals surface area contributed by atoms with Gasteiger partial charge in [-0.2, -0.15) is 0 Å². The van der Waals surface area contributed by atoms with Crippen LogP contribution >= 0.6 is 23.4 Å². The van der Waals surface area contributed by atoms with Crippen LogP contribution < -0.4 is 10.1 Å². The number of hydrogen-bond donors (Lipinski definition) is 1. The van der Waals surface area contributed by atoms with Crippen LogP contribution in [-0.2, 0) is 11.8 Å². The molecule has 10 heteroatoms. The molecule has 162 valence electrons. The number of nitrogens with one attached hydrogen (secondary N) is 1. The van der Waals surface area contributed by atoms with Gasteiger partial charge in [0.2, 0.25) is 5.91 Å². The lowest BCUT2D eigenvalue weighted by Crippen LogP contribution is -2.15. The van der Waals surface area contributed by atoms with Gasteiger partial charge in [-0.25, -0.2) is 4.39 Å². The van der Waals surface area contributed by atoms with Crippen LogP contribution in [0.15, 0.2) is 47.6 Å². The van der Waals surface area contributed by atoms with Crippen LogP contribution in [-0.4, -0.2) is 32.2 Å². The number of ketones is 1. The molecule has 0 saturated carbocycles. The van der Waals surface area contributed by atoms with Crippen molar-refractivity contribution >= 4 is 40.7 Å². The number of nitrogens with zero attached hydrogens (tertiary/aromatic N) is 3. The summed E-state index contributed by atoms with van der Waals surface area (Å²) in [5.41, 5.74) is 1.08. The van der Waals surface area contributed by atoms with Crippen molar-refractivity contribution in [2.24, 2.45) is 7.05 Å². The number of aromatic nitrogens is 3. The molecular formula is C21H20ClFN4O3S. The zero-order valence-electron chi connectivity index (χ0n) is 17.1. The van der Waals surface area contributed by atoms with Crippen molar-refractivity contribution in [2.75, 3.05) is 11.1 Å². The summed E-state index contributed by atoms with van der Waals surface area (Å²) in [6.07, 6.45) is -0.502. The molecule has 1 N–H and O–H groups in total. The largest absolute Gasteiger partial charge is 0.481 e. The molecule has 1 amide bonds. The van der Waals surface area contributed by atoms with E-state index in [1.807, 2.05) is 0 Å². The molecular weight excluding hydrogens is 443 g/mol. The smallest absolute Gasteiger partial charge is 0.234 e. The third-order valence-corrected chi connectivity index (χ3v) is 5.63. The number of benzene rings is 2. The van der Waals surface area contributed by atoms with E-state index in [1.165, 1.54) is 36.9 Å².